The van der Waals surface area contributed by atoms with Crippen LogP contribution in [0.15, 0.2) is 22.8 Å². The van der Waals surface area contributed by atoms with E-state index in [-0.39, 0.29) is 5.41 Å². The van der Waals surface area contributed by atoms with Crippen molar-refractivity contribution in [2.45, 2.75) is 47.0 Å². The van der Waals surface area contributed by atoms with Gasteiger partial charge in [-0.2, -0.15) is 0 Å². The number of nitrogens with zero attached hydrogens (tertiary/aromatic N) is 2. The fourth-order valence-electron chi connectivity index (χ4n) is 2.47. The third kappa shape index (κ3) is 3.09. The Bertz CT molecular complexity index is 632. The van der Waals surface area contributed by atoms with Gasteiger partial charge in [0.25, 0.3) is 0 Å². The van der Waals surface area contributed by atoms with Crippen molar-refractivity contribution >= 4 is 15.9 Å². The molecule has 0 spiro atoms. The Morgan fingerprint density at radius 2 is 1.45 bits per heavy atom. The van der Waals surface area contributed by atoms with Gasteiger partial charge in [-0.05, 0) is 53.9 Å². The van der Waals surface area contributed by atoms with Gasteiger partial charge in [-0.1, -0.05) is 38.5 Å². The molecule has 0 N–H and O–H groups in total. The van der Waals surface area contributed by atoms with Crippen LogP contribution in [-0.2, 0) is 5.41 Å². The van der Waals surface area contributed by atoms with E-state index in [9.17, 15) is 0 Å². The van der Waals surface area contributed by atoms with Crippen molar-refractivity contribution in [3.8, 4) is 11.3 Å². The molecule has 0 bridgehead atoms. The highest BCUT2D eigenvalue weighted by Crippen LogP contribution is 2.30. The molecule has 1 heterocycles. The first kappa shape index (κ1) is 15.2. The number of hydrogen-bond donors (Lipinski definition) is 0. The van der Waals surface area contributed by atoms with Crippen LogP contribution < -0.4 is 0 Å². The molecule has 0 saturated carbocycles. The summed E-state index contributed by atoms with van der Waals surface area (Å²) in [7, 11) is 0. The van der Waals surface area contributed by atoms with Crippen LogP contribution in [0.5, 0.6) is 0 Å². The maximum Gasteiger partial charge on any atom is 0.135 e. The van der Waals surface area contributed by atoms with Crippen LogP contribution in [0, 0.1) is 20.8 Å². The van der Waals surface area contributed by atoms with Gasteiger partial charge in [0, 0.05) is 11.0 Å². The number of halogens is 1. The average Bonchev–Trinajstić information content (AvgIpc) is 2.25. The maximum absolute atomic E-state index is 4.79. The Balaban J connectivity index is 2.68. The first-order valence-electron chi connectivity index (χ1n) is 6.82. The summed E-state index contributed by atoms with van der Waals surface area (Å²) in [6.07, 6.45) is 0. The van der Waals surface area contributed by atoms with Gasteiger partial charge < -0.3 is 0 Å². The highest BCUT2D eigenvalue weighted by atomic mass is 79.9. The largest absolute Gasteiger partial charge is 0.232 e. The molecule has 0 aliphatic heterocycles. The Labute approximate surface area is 129 Å². The topological polar surface area (TPSA) is 25.8 Å². The molecule has 0 aliphatic rings. The zero-order valence-corrected chi connectivity index (χ0v) is 14.6. The molecule has 3 heteroatoms. The van der Waals surface area contributed by atoms with Crippen LogP contribution in [-0.4, -0.2) is 9.97 Å². The molecule has 1 aromatic heterocycles. The molecule has 2 aromatic rings. The van der Waals surface area contributed by atoms with Gasteiger partial charge in [0.2, 0.25) is 0 Å². The zero-order chi connectivity index (χ0) is 15.1. The van der Waals surface area contributed by atoms with Gasteiger partial charge in [0.1, 0.15) is 10.4 Å². The second kappa shape index (κ2) is 5.28. The maximum atomic E-state index is 4.79. The van der Waals surface area contributed by atoms with Crippen LogP contribution in [0.25, 0.3) is 11.3 Å². The Morgan fingerprint density at radius 3 is 1.95 bits per heavy atom. The fourth-order valence-corrected chi connectivity index (χ4v) is 2.85. The second-order valence-electron chi connectivity index (χ2n) is 6.42. The van der Waals surface area contributed by atoms with Crippen molar-refractivity contribution < 1.29 is 0 Å². The average molecular weight is 333 g/mol. The van der Waals surface area contributed by atoms with E-state index < -0.39 is 0 Å². The standard InChI is InChI=1S/C17H21BrN2/c1-10-7-11(2)15(12(3)8-10)13-9-14(18)20-16(19-13)17(4,5)6/h7-9H,1-6H3. The molecule has 0 fully saturated rings. The quantitative estimate of drug-likeness (QED) is 0.676. The first-order valence-corrected chi connectivity index (χ1v) is 7.61. The number of hydrogen-bond acceptors (Lipinski definition) is 2. The van der Waals surface area contributed by atoms with Crippen molar-refractivity contribution in [3.63, 3.8) is 0 Å². The molecular weight excluding hydrogens is 312 g/mol. The van der Waals surface area contributed by atoms with E-state index in [0.717, 1.165) is 16.1 Å². The van der Waals surface area contributed by atoms with E-state index >= 15 is 0 Å². The molecule has 0 saturated heterocycles. The van der Waals surface area contributed by atoms with E-state index in [1.165, 1.54) is 22.3 Å². The number of rotatable bonds is 1. The molecule has 0 radical (unpaired) electrons. The summed E-state index contributed by atoms with van der Waals surface area (Å²) in [6.45, 7) is 12.8. The lowest BCUT2D eigenvalue weighted by atomic mass is 9.94. The summed E-state index contributed by atoms with van der Waals surface area (Å²) in [5.74, 6) is 0.862. The minimum atomic E-state index is -0.0644. The van der Waals surface area contributed by atoms with Crippen molar-refractivity contribution in [2.24, 2.45) is 0 Å². The Morgan fingerprint density at radius 1 is 0.900 bits per heavy atom. The van der Waals surface area contributed by atoms with E-state index in [2.05, 4.69) is 74.6 Å². The monoisotopic (exact) mass is 332 g/mol. The molecule has 2 nitrogen and oxygen atoms in total. The second-order valence-corrected chi connectivity index (χ2v) is 7.24. The van der Waals surface area contributed by atoms with E-state index in [0.29, 0.717) is 0 Å². The molecule has 0 aliphatic carbocycles. The molecule has 0 unspecified atom stereocenters. The van der Waals surface area contributed by atoms with Crippen LogP contribution in [0.1, 0.15) is 43.3 Å². The number of aromatic nitrogens is 2. The van der Waals surface area contributed by atoms with Gasteiger partial charge in [-0.25, -0.2) is 9.97 Å². The highest BCUT2D eigenvalue weighted by Gasteiger charge is 2.20. The van der Waals surface area contributed by atoms with Crippen molar-refractivity contribution in [2.75, 3.05) is 0 Å². The molecule has 106 valence electrons. The zero-order valence-electron chi connectivity index (χ0n) is 13.0. The van der Waals surface area contributed by atoms with Crippen LogP contribution in [0.3, 0.4) is 0 Å². The van der Waals surface area contributed by atoms with Crippen LogP contribution in [0.4, 0.5) is 0 Å². The SMILES string of the molecule is Cc1cc(C)c(-c2cc(Br)nc(C(C)(C)C)n2)c(C)c1. The predicted octanol–water partition coefficient (Wildman–Crippen LogP) is 5.13. The summed E-state index contributed by atoms with van der Waals surface area (Å²) >= 11 is 3.52. The minimum Gasteiger partial charge on any atom is -0.232 e. The third-order valence-electron chi connectivity index (χ3n) is 3.30. The Hall–Kier alpha value is -1.22. The summed E-state index contributed by atoms with van der Waals surface area (Å²) < 4.78 is 0.840. The predicted molar refractivity (Wildman–Crippen MR) is 88.1 cm³/mol. The van der Waals surface area contributed by atoms with E-state index in [1.807, 2.05) is 6.07 Å². The highest BCUT2D eigenvalue weighted by molar-refractivity contribution is 9.10. The lowest BCUT2D eigenvalue weighted by Crippen LogP contribution is -2.16. The van der Waals surface area contributed by atoms with Crippen molar-refractivity contribution in [1.29, 1.82) is 0 Å². The smallest absolute Gasteiger partial charge is 0.135 e. The van der Waals surface area contributed by atoms with E-state index in [1.54, 1.807) is 0 Å². The van der Waals surface area contributed by atoms with Gasteiger partial charge in [-0.3, -0.25) is 0 Å². The van der Waals surface area contributed by atoms with Gasteiger partial charge in [0.15, 0.2) is 0 Å². The third-order valence-corrected chi connectivity index (χ3v) is 3.71. The Kier molecular flexibility index (Phi) is 4.01. The summed E-state index contributed by atoms with van der Waals surface area (Å²) in [5, 5.41) is 0. The molecular formula is C17H21BrN2. The summed E-state index contributed by atoms with van der Waals surface area (Å²) in [6, 6.07) is 6.41. The van der Waals surface area contributed by atoms with Crippen LogP contribution in [0.2, 0.25) is 0 Å². The summed E-state index contributed by atoms with van der Waals surface area (Å²) in [4.78, 5) is 9.30. The van der Waals surface area contributed by atoms with Gasteiger partial charge in [0.05, 0.1) is 5.69 Å². The first-order chi connectivity index (χ1) is 9.18. The fraction of sp³-hybridized carbons (Fsp3) is 0.412. The van der Waals surface area contributed by atoms with E-state index in [4.69, 9.17) is 4.98 Å². The molecule has 1 aromatic carbocycles. The molecule has 0 atom stereocenters. The van der Waals surface area contributed by atoms with Crippen molar-refractivity contribution in [3.05, 3.63) is 45.3 Å². The minimum absolute atomic E-state index is 0.0644. The van der Waals surface area contributed by atoms with Crippen molar-refractivity contribution in [1.82, 2.24) is 9.97 Å². The lowest BCUT2D eigenvalue weighted by Gasteiger charge is -2.19. The number of aryl methyl sites for hydroxylation is 3. The van der Waals surface area contributed by atoms with Gasteiger partial charge >= 0.3 is 0 Å². The molecule has 2 rings (SSSR count). The van der Waals surface area contributed by atoms with Gasteiger partial charge in [-0.15, -0.1) is 0 Å². The normalized spacial score (nSPS) is 11.8. The number of benzene rings is 1. The lowest BCUT2D eigenvalue weighted by molar-refractivity contribution is 0.544. The van der Waals surface area contributed by atoms with Crippen LogP contribution >= 0.6 is 15.9 Å². The molecule has 20 heavy (non-hydrogen) atoms. The summed E-state index contributed by atoms with van der Waals surface area (Å²) in [5.41, 5.74) is 5.94. The molecule has 0 amide bonds.